The van der Waals surface area contributed by atoms with Crippen LogP contribution in [0.15, 0.2) is 6.20 Å². The molecule has 6 heteroatoms. The van der Waals surface area contributed by atoms with E-state index in [9.17, 15) is 4.79 Å². The number of piperidine rings is 1. The molecule has 0 unspecified atom stereocenters. The van der Waals surface area contributed by atoms with Crippen LogP contribution in [0.5, 0.6) is 0 Å². The quantitative estimate of drug-likeness (QED) is 0.810. The number of carboxylic acid groups (broad SMARTS) is 1. The molecule has 2 heterocycles. The third kappa shape index (κ3) is 4.10. The van der Waals surface area contributed by atoms with Gasteiger partial charge in [0.1, 0.15) is 0 Å². The number of nitrogens with zero attached hydrogens (tertiary/aromatic N) is 4. The van der Waals surface area contributed by atoms with E-state index in [2.05, 4.69) is 15.2 Å². The Labute approximate surface area is 107 Å². The van der Waals surface area contributed by atoms with Gasteiger partial charge in [-0.05, 0) is 25.9 Å². The lowest BCUT2D eigenvalue weighted by molar-refractivity contribution is -0.136. The summed E-state index contributed by atoms with van der Waals surface area (Å²) < 4.78 is 1.81. The molecule has 1 fully saturated rings. The van der Waals surface area contributed by atoms with Gasteiger partial charge >= 0.3 is 5.97 Å². The van der Waals surface area contributed by atoms with Crippen LogP contribution in [0.25, 0.3) is 0 Å². The molecule has 100 valence electrons. The molecule has 1 aromatic heterocycles. The molecule has 0 aromatic carbocycles. The molecule has 0 saturated carbocycles. The Bertz CT molecular complexity index is 385. The van der Waals surface area contributed by atoms with Gasteiger partial charge in [-0.1, -0.05) is 11.6 Å². The first kappa shape index (κ1) is 13.0. The van der Waals surface area contributed by atoms with Gasteiger partial charge in [0.2, 0.25) is 0 Å². The predicted octanol–water partition coefficient (Wildman–Crippen LogP) is 0.781. The first-order valence-corrected chi connectivity index (χ1v) is 6.57. The van der Waals surface area contributed by atoms with Gasteiger partial charge in [0.05, 0.1) is 18.7 Å². The average Bonchev–Trinajstić information content (AvgIpc) is 2.83. The Balaban J connectivity index is 1.73. The van der Waals surface area contributed by atoms with Crippen LogP contribution in [-0.2, 0) is 17.8 Å². The Morgan fingerprint density at radius 3 is 2.78 bits per heavy atom. The van der Waals surface area contributed by atoms with Crippen LogP contribution in [0.4, 0.5) is 0 Å². The second-order valence-corrected chi connectivity index (χ2v) is 4.77. The second kappa shape index (κ2) is 6.49. The molecule has 0 bridgehead atoms. The highest BCUT2D eigenvalue weighted by atomic mass is 16.4. The van der Waals surface area contributed by atoms with Crippen molar-refractivity contribution in [3.05, 3.63) is 11.9 Å². The molecular formula is C12H20N4O2. The van der Waals surface area contributed by atoms with E-state index in [1.165, 1.54) is 32.4 Å². The normalized spacial score (nSPS) is 16.9. The number of aliphatic carboxylic acids is 1. The fourth-order valence-corrected chi connectivity index (χ4v) is 2.22. The van der Waals surface area contributed by atoms with E-state index >= 15 is 0 Å². The lowest BCUT2D eigenvalue weighted by Crippen LogP contribution is -2.32. The fourth-order valence-electron chi connectivity index (χ4n) is 2.22. The van der Waals surface area contributed by atoms with Crippen molar-refractivity contribution >= 4 is 5.97 Å². The second-order valence-electron chi connectivity index (χ2n) is 4.77. The molecule has 1 aliphatic heterocycles. The number of aromatic nitrogens is 3. The molecule has 0 radical (unpaired) electrons. The zero-order chi connectivity index (χ0) is 12.8. The van der Waals surface area contributed by atoms with Gasteiger partial charge in [0, 0.05) is 19.2 Å². The first-order chi connectivity index (χ1) is 8.74. The minimum atomic E-state index is -0.794. The highest BCUT2D eigenvalue weighted by molar-refractivity contribution is 5.66. The summed E-state index contributed by atoms with van der Waals surface area (Å²) in [6.07, 6.45) is 6.36. The Hall–Kier alpha value is -1.43. The number of likely N-dealkylation sites (tertiary alicyclic amines) is 1. The fraction of sp³-hybridized carbons (Fsp3) is 0.750. The summed E-state index contributed by atoms with van der Waals surface area (Å²) in [6.45, 7) is 4.20. The topological polar surface area (TPSA) is 71.2 Å². The predicted molar refractivity (Wildman–Crippen MR) is 66.3 cm³/mol. The van der Waals surface area contributed by atoms with Crippen LogP contribution in [0.1, 0.15) is 31.4 Å². The third-order valence-corrected chi connectivity index (χ3v) is 3.28. The summed E-state index contributed by atoms with van der Waals surface area (Å²) in [7, 11) is 0. The van der Waals surface area contributed by atoms with Crippen molar-refractivity contribution in [1.29, 1.82) is 0 Å². The zero-order valence-electron chi connectivity index (χ0n) is 10.6. The smallest absolute Gasteiger partial charge is 0.303 e. The van der Waals surface area contributed by atoms with Gasteiger partial charge in [0.25, 0.3) is 0 Å². The van der Waals surface area contributed by atoms with E-state index in [-0.39, 0.29) is 6.42 Å². The monoisotopic (exact) mass is 252 g/mol. The molecule has 0 spiro atoms. The van der Waals surface area contributed by atoms with E-state index in [1.807, 2.05) is 10.9 Å². The summed E-state index contributed by atoms with van der Waals surface area (Å²) in [6, 6.07) is 0. The molecule has 2 rings (SSSR count). The summed E-state index contributed by atoms with van der Waals surface area (Å²) in [4.78, 5) is 12.9. The van der Waals surface area contributed by atoms with Crippen molar-refractivity contribution < 1.29 is 9.90 Å². The molecule has 1 saturated heterocycles. The maximum Gasteiger partial charge on any atom is 0.303 e. The van der Waals surface area contributed by atoms with Crippen LogP contribution in [0.2, 0.25) is 0 Å². The molecule has 1 aromatic rings. The summed E-state index contributed by atoms with van der Waals surface area (Å²) in [5.74, 6) is -0.794. The van der Waals surface area contributed by atoms with Gasteiger partial charge in [-0.15, -0.1) is 5.10 Å². The molecule has 0 amide bonds. The average molecular weight is 252 g/mol. The van der Waals surface area contributed by atoms with Crippen molar-refractivity contribution in [3.8, 4) is 0 Å². The molecule has 6 nitrogen and oxygen atoms in total. The Morgan fingerprint density at radius 2 is 2.06 bits per heavy atom. The summed E-state index contributed by atoms with van der Waals surface area (Å²) >= 11 is 0. The molecule has 0 atom stereocenters. The Morgan fingerprint density at radius 1 is 1.28 bits per heavy atom. The third-order valence-electron chi connectivity index (χ3n) is 3.28. The highest BCUT2D eigenvalue weighted by Gasteiger charge is 2.10. The van der Waals surface area contributed by atoms with Gasteiger partial charge in [-0.2, -0.15) is 0 Å². The number of rotatable bonds is 6. The van der Waals surface area contributed by atoms with Crippen LogP contribution in [0, 0.1) is 0 Å². The van der Waals surface area contributed by atoms with Gasteiger partial charge in [-0.25, -0.2) is 0 Å². The van der Waals surface area contributed by atoms with E-state index < -0.39 is 5.97 Å². The lowest BCUT2D eigenvalue weighted by Gasteiger charge is -2.25. The maximum atomic E-state index is 10.4. The van der Waals surface area contributed by atoms with Crippen LogP contribution < -0.4 is 0 Å². The van der Waals surface area contributed by atoms with Crippen LogP contribution in [-0.4, -0.2) is 50.6 Å². The van der Waals surface area contributed by atoms with Crippen molar-refractivity contribution in [2.24, 2.45) is 0 Å². The molecule has 18 heavy (non-hydrogen) atoms. The van der Waals surface area contributed by atoms with E-state index in [1.54, 1.807) is 0 Å². The van der Waals surface area contributed by atoms with Gasteiger partial charge < -0.3 is 10.0 Å². The number of hydrogen-bond acceptors (Lipinski definition) is 4. The summed E-state index contributed by atoms with van der Waals surface area (Å²) in [5.41, 5.74) is 0.760. The molecule has 1 aliphatic rings. The first-order valence-electron chi connectivity index (χ1n) is 6.57. The minimum Gasteiger partial charge on any atom is -0.481 e. The summed E-state index contributed by atoms with van der Waals surface area (Å²) in [5, 5.41) is 16.6. The van der Waals surface area contributed by atoms with Crippen molar-refractivity contribution in [2.75, 3.05) is 19.6 Å². The van der Waals surface area contributed by atoms with E-state index in [0.29, 0.717) is 6.42 Å². The molecule has 0 aliphatic carbocycles. The Kier molecular flexibility index (Phi) is 4.69. The largest absolute Gasteiger partial charge is 0.481 e. The number of carboxylic acids is 1. The minimum absolute atomic E-state index is 0.116. The highest BCUT2D eigenvalue weighted by Crippen LogP contribution is 2.08. The molecular weight excluding hydrogens is 232 g/mol. The van der Waals surface area contributed by atoms with Crippen LogP contribution in [0.3, 0.4) is 0 Å². The van der Waals surface area contributed by atoms with Crippen molar-refractivity contribution in [3.63, 3.8) is 0 Å². The zero-order valence-corrected chi connectivity index (χ0v) is 10.6. The lowest BCUT2D eigenvalue weighted by atomic mass is 10.1. The standard InChI is InChI=1S/C12H20N4O2/c17-12(18)5-4-11-10-16(14-13-11)9-8-15-6-2-1-3-7-15/h10H,1-9H2,(H,17,18). The van der Waals surface area contributed by atoms with Crippen LogP contribution >= 0.6 is 0 Å². The van der Waals surface area contributed by atoms with E-state index in [0.717, 1.165) is 18.8 Å². The molecule has 1 N–H and O–H groups in total. The van der Waals surface area contributed by atoms with E-state index in [4.69, 9.17) is 5.11 Å². The SMILES string of the molecule is O=C(O)CCc1cn(CCN2CCCCC2)nn1. The maximum absolute atomic E-state index is 10.4. The van der Waals surface area contributed by atoms with Gasteiger partial charge in [0.15, 0.2) is 0 Å². The van der Waals surface area contributed by atoms with Gasteiger partial charge in [-0.3, -0.25) is 9.48 Å². The number of hydrogen-bond donors (Lipinski definition) is 1. The number of carbonyl (C=O) groups is 1. The van der Waals surface area contributed by atoms with Crippen molar-refractivity contribution in [2.45, 2.75) is 38.6 Å². The number of aryl methyl sites for hydroxylation is 1. The van der Waals surface area contributed by atoms with Crippen molar-refractivity contribution in [1.82, 2.24) is 19.9 Å².